The summed E-state index contributed by atoms with van der Waals surface area (Å²) in [4.78, 5) is 64.0. The van der Waals surface area contributed by atoms with Crippen molar-refractivity contribution in [3.8, 4) is 0 Å². The fraction of sp³-hybridized carbons (Fsp3) is 0.763. The third kappa shape index (κ3) is 13.7. The van der Waals surface area contributed by atoms with Crippen LogP contribution < -0.4 is 0 Å². The summed E-state index contributed by atoms with van der Waals surface area (Å²) < 4.78 is 16.7. The fourth-order valence-electron chi connectivity index (χ4n) is 7.15. The van der Waals surface area contributed by atoms with Gasteiger partial charge in [-0.2, -0.15) is 12.6 Å². The van der Waals surface area contributed by atoms with Crippen molar-refractivity contribution in [3.63, 3.8) is 0 Å². The Morgan fingerprint density at radius 2 is 1.10 bits per heavy atom. The minimum atomic E-state index is -0.936. The van der Waals surface area contributed by atoms with Crippen LogP contribution in [-0.2, 0) is 38.2 Å². The predicted molar refractivity (Wildman–Crippen MR) is 203 cm³/mol. The van der Waals surface area contributed by atoms with Crippen LogP contribution >= 0.6 is 36.2 Å². The standard InChI is InChI=1S/C38H60O8S3/c1-10-38(22-44-31(41)19-47,23-45-32(42)20-48-27(4)17-29(39)34-25(2)13-11-15-36(34,6)7)24-46-33(43)21-49-28(5)18-30(40)35-26(3)14-12-16-37(35,8)9/h11-14,25-28,34-35,47H,10,15-24H2,1-9H3/t25?,26?,27-,28?,34-,35?,38?/m0/s1. The lowest BCUT2D eigenvalue weighted by Gasteiger charge is -2.39. The minimum absolute atomic E-state index is 0.0557. The Labute approximate surface area is 308 Å². The van der Waals surface area contributed by atoms with E-state index in [-0.39, 0.29) is 93.6 Å². The lowest BCUT2D eigenvalue weighted by Crippen LogP contribution is -2.39. The molecule has 0 aliphatic heterocycles. The predicted octanol–water partition coefficient (Wildman–Crippen LogP) is 7.58. The zero-order valence-electron chi connectivity index (χ0n) is 31.1. The molecule has 0 aromatic rings. The second-order valence-corrected chi connectivity index (χ2v) is 18.7. The van der Waals surface area contributed by atoms with Crippen molar-refractivity contribution >= 4 is 65.6 Å². The Kier molecular flexibility index (Phi) is 17.5. The molecule has 0 saturated heterocycles. The molecule has 8 nitrogen and oxygen atoms in total. The summed E-state index contributed by atoms with van der Waals surface area (Å²) in [5.41, 5.74) is -1.14. The summed E-state index contributed by atoms with van der Waals surface area (Å²) in [6.45, 7) is 18.1. The van der Waals surface area contributed by atoms with Gasteiger partial charge in [0.15, 0.2) is 0 Å². The van der Waals surface area contributed by atoms with Crippen molar-refractivity contribution in [1.82, 2.24) is 0 Å². The molecule has 0 aromatic carbocycles. The van der Waals surface area contributed by atoms with Crippen LogP contribution in [0.4, 0.5) is 0 Å². The van der Waals surface area contributed by atoms with Crippen LogP contribution in [0.2, 0.25) is 0 Å². The van der Waals surface area contributed by atoms with Crippen LogP contribution in [0.3, 0.4) is 0 Å². The molecule has 0 spiro atoms. The van der Waals surface area contributed by atoms with E-state index in [2.05, 4.69) is 78.5 Å². The molecule has 0 aromatic heterocycles. The van der Waals surface area contributed by atoms with Crippen molar-refractivity contribution in [2.75, 3.05) is 37.1 Å². The molecule has 0 heterocycles. The first-order valence-electron chi connectivity index (χ1n) is 17.6. The van der Waals surface area contributed by atoms with Gasteiger partial charge in [0.25, 0.3) is 0 Å². The monoisotopic (exact) mass is 740 g/mol. The van der Waals surface area contributed by atoms with Crippen molar-refractivity contribution in [2.24, 2.45) is 39.9 Å². The van der Waals surface area contributed by atoms with Gasteiger partial charge in [0, 0.05) is 35.2 Å². The summed E-state index contributed by atoms with van der Waals surface area (Å²) in [6.07, 6.45) is 11.4. The van der Waals surface area contributed by atoms with Gasteiger partial charge in [0.05, 0.1) is 22.7 Å². The molecule has 278 valence electrons. The second kappa shape index (κ2) is 19.8. The summed E-state index contributed by atoms with van der Waals surface area (Å²) in [5, 5.41) is -0.126. The van der Waals surface area contributed by atoms with Crippen molar-refractivity contribution in [3.05, 3.63) is 24.3 Å². The molecule has 11 heteroatoms. The average molecular weight is 741 g/mol. The number of ether oxygens (including phenoxy) is 3. The summed E-state index contributed by atoms with van der Waals surface area (Å²) in [7, 11) is 0. The highest BCUT2D eigenvalue weighted by molar-refractivity contribution is 8.00. The van der Waals surface area contributed by atoms with Gasteiger partial charge in [0.1, 0.15) is 31.4 Å². The highest BCUT2D eigenvalue weighted by atomic mass is 32.2. The number of hydrogen-bond acceptors (Lipinski definition) is 11. The normalized spacial score (nSPS) is 25.0. The van der Waals surface area contributed by atoms with Gasteiger partial charge < -0.3 is 14.2 Å². The molecule has 2 aliphatic carbocycles. The molecule has 0 N–H and O–H groups in total. The number of thiol groups is 1. The third-order valence-electron chi connectivity index (χ3n) is 10.0. The number of Topliss-reactive ketones (excluding diaryl/α,β-unsaturated/α-hetero) is 2. The largest absolute Gasteiger partial charge is 0.464 e. The van der Waals surface area contributed by atoms with E-state index in [0.29, 0.717) is 19.3 Å². The first kappa shape index (κ1) is 43.4. The van der Waals surface area contributed by atoms with Crippen LogP contribution in [0.15, 0.2) is 24.3 Å². The van der Waals surface area contributed by atoms with Crippen molar-refractivity contribution in [2.45, 2.75) is 105 Å². The molecular weight excluding hydrogens is 681 g/mol. The average Bonchev–Trinajstić information content (AvgIpc) is 3.01. The van der Waals surface area contributed by atoms with Gasteiger partial charge in [-0.25, -0.2) is 0 Å². The van der Waals surface area contributed by atoms with Gasteiger partial charge in [-0.05, 0) is 41.9 Å². The van der Waals surface area contributed by atoms with Gasteiger partial charge >= 0.3 is 17.9 Å². The van der Waals surface area contributed by atoms with Crippen LogP contribution in [-0.4, -0.2) is 77.1 Å². The number of allylic oxidation sites excluding steroid dienone is 4. The van der Waals surface area contributed by atoms with E-state index in [4.69, 9.17) is 14.2 Å². The van der Waals surface area contributed by atoms with E-state index in [1.807, 2.05) is 20.8 Å². The van der Waals surface area contributed by atoms with E-state index < -0.39 is 23.3 Å². The number of hydrogen-bond donors (Lipinski definition) is 1. The van der Waals surface area contributed by atoms with Crippen molar-refractivity contribution < 1.29 is 38.2 Å². The van der Waals surface area contributed by atoms with E-state index >= 15 is 0 Å². The summed E-state index contributed by atoms with van der Waals surface area (Å²) >= 11 is 6.72. The topological polar surface area (TPSA) is 113 Å². The number of carbonyl (C=O) groups excluding carboxylic acids is 5. The molecule has 0 saturated carbocycles. The SMILES string of the molecule is CCC(COC(=O)CS)(COC(=O)CSC(C)CC(=O)C1C(C)C=CCC1(C)C)COC(=O)CS[C@@H](C)CC(=O)[C@@H]1C(C)C=CCC1(C)C. The Hall–Kier alpha value is -1.72. The Morgan fingerprint density at radius 3 is 1.43 bits per heavy atom. The van der Waals surface area contributed by atoms with Gasteiger partial charge in [-0.15, -0.1) is 23.5 Å². The van der Waals surface area contributed by atoms with Crippen LogP contribution in [0.25, 0.3) is 0 Å². The van der Waals surface area contributed by atoms with Gasteiger partial charge in [-0.3, -0.25) is 24.0 Å². The van der Waals surface area contributed by atoms with Crippen LogP contribution in [0, 0.1) is 39.9 Å². The second-order valence-electron chi connectivity index (χ2n) is 15.5. The highest BCUT2D eigenvalue weighted by Crippen LogP contribution is 2.43. The summed E-state index contributed by atoms with van der Waals surface area (Å²) in [6, 6.07) is 0. The number of rotatable bonds is 20. The summed E-state index contributed by atoms with van der Waals surface area (Å²) in [5.74, 6) is -0.746. The molecule has 0 bridgehead atoms. The first-order chi connectivity index (χ1) is 22.9. The molecule has 0 radical (unpaired) electrons. The van der Waals surface area contributed by atoms with Crippen LogP contribution in [0.5, 0.6) is 0 Å². The molecule has 2 rings (SSSR count). The lowest BCUT2D eigenvalue weighted by molar-refractivity contribution is -0.159. The molecule has 0 fully saturated rings. The van der Waals surface area contributed by atoms with Gasteiger partial charge in [0.2, 0.25) is 0 Å². The molecule has 7 atom stereocenters. The number of thioether (sulfide) groups is 2. The minimum Gasteiger partial charge on any atom is -0.464 e. The molecular formula is C38H60O8S3. The third-order valence-corrected chi connectivity index (χ3v) is 12.6. The van der Waals surface area contributed by atoms with E-state index in [1.165, 1.54) is 23.5 Å². The van der Waals surface area contributed by atoms with Gasteiger partial charge in [-0.1, -0.05) is 86.6 Å². The molecule has 0 amide bonds. The first-order valence-corrected chi connectivity index (χ1v) is 20.3. The van der Waals surface area contributed by atoms with E-state index in [0.717, 1.165) is 12.8 Å². The zero-order chi connectivity index (χ0) is 37.0. The number of ketones is 2. The molecule has 49 heavy (non-hydrogen) atoms. The highest BCUT2D eigenvalue weighted by Gasteiger charge is 2.41. The Bertz CT molecular complexity index is 1130. The quantitative estimate of drug-likeness (QED) is 0.0580. The van der Waals surface area contributed by atoms with E-state index in [9.17, 15) is 24.0 Å². The smallest absolute Gasteiger partial charge is 0.315 e. The number of esters is 3. The molecule has 2 aliphatic rings. The van der Waals surface area contributed by atoms with Crippen molar-refractivity contribution in [1.29, 1.82) is 0 Å². The maximum Gasteiger partial charge on any atom is 0.315 e. The number of carbonyl (C=O) groups is 5. The molecule has 5 unspecified atom stereocenters. The van der Waals surface area contributed by atoms with Crippen LogP contribution in [0.1, 0.15) is 94.4 Å². The van der Waals surface area contributed by atoms with E-state index in [1.54, 1.807) is 0 Å². The fourth-order valence-corrected chi connectivity index (χ4v) is 8.81. The Balaban J connectivity index is 1.89. The Morgan fingerprint density at radius 1 is 0.735 bits per heavy atom. The maximum atomic E-state index is 13.2. The maximum absolute atomic E-state index is 13.2. The lowest BCUT2D eigenvalue weighted by atomic mass is 9.65. The zero-order valence-corrected chi connectivity index (χ0v) is 33.6.